The van der Waals surface area contributed by atoms with E-state index >= 15 is 0 Å². The third-order valence-electron chi connectivity index (χ3n) is 4.60. The Labute approximate surface area is 176 Å². The molecule has 2 unspecified atom stereocenters. The molecule has 1 rings (SSSR count). The van der Waals surface area contributed by atoms with Crippen LogP contribution in [-0.4, -0.2) is 53.4 Å². The number of amides is 2. The predicted molar refractivity (Wildman–Crippen MR) is 108 cm³/mol. The van der Waals surface area contributed by atoms with Crippen molar-refractivity contribution >= 4 is 35.4 Å². The lowest BCUT2D eigenvalue weighted by Crippen LogP contribution is -2.56. The summed E-state index contributed by atoms with van der Waals surface area (Å²) in [5, 5.41) is 0.665. The lowest BCUT2D eigenvalue weighted by molar-refractivity contribution is -0.178. The van der Waals surface area contributed by atoms with E-state index in [0.717, 1.165) is 20.3 Å². The van der Waals surface area contributed by atoms with Crippen LogP contribution in [0.4, 0.5) is 0 Å². The Morgan fingerprint density at radius 1 is 1.21 bits per heavy atom. The second-order valence-corrected chi connectivity index (χ2v) is 7.44. The molecule has 0 aromatic heterocycles. The predicted octanol–water partition coefficient (Wildman–Crippen LogP) is 2.05. The first kappa shape index (κ1) is 24.7. The Hall–Kier alpha value is -2.35. The lowest BCUT2D eigenvalue weighted by atomic mass is 9.91. The molecule has 0 saturated carbocycles. The van der Waals surface area contributed by atoms with Gasteiger partial charge in [-0.25, -0.2) is 0 Å². The largest absolute Gasteiger partial charge is 0.448 e. The quantitative estimate of drug-likeness (QED) is 0.532. The number of nitrogens with two attached hydrogens (primary N) is 1. The molecule has 9 heteroatoms. The van der Waals surface area contributed by atoms with Gasteiger partial charge in [0.15, 0.2) is 0 Å². The molecular weight excluding hydrogens is 400 g/mol. The minimum atomic E-state index is -1.72. The van der Waals surface area contributed by atoms with Gasteiger partial charge in [0.05, 0.1) is 0 Å². The van der Waals surface area contributed by atoms with Crippen LogP contribution in [-0.2, 0) is 28.7 Å². The van der Waals surface area contributed by atoms with Crippen LogP contribution in [0.1, 0.15) is 47.0 Å². The first-order chi connectivity index (χ1) is 13.6. The molecule has 0 spiro atoms. The first-order valence-electron chi connectivity index (χ1n) is 9.55. The first-order valence-corrected chi connectivity index (χ1v) is 9.93. The van der Waals surface area contributed by atoms with E-state index in [1.165, 1.54) is 4.90 Å². The normalized spacial score (nSPS) is 18.8. The van der Waals surface area contributed by atoms with Crippen molar-refractivity contribution in [3.8, 4) is 0 Å². The standard InChI is InChI=1S/C20H29ClN2O6/c1-5-6-10-23(12(2)15-8-7-9-16(21)11-15)20(27)18(29-14(4)25)17(19(22)26)28-13(3)24/h7-9,12,15,17-18H,5-6,10-11H2,1-4H3,(H2,22,26)/t12?,15?,17-,18-/m1/s1. The maximum atomic E-state index is 13.4. The van der Waals surface area contributed by atoms with Gasteiger partial charge in [0.1, 0.15) is 0 Å². The monoisotopic (exact) mass is 428 g/mol. The lowest BCUT2D eigenvalue weighted by Gasteiger charge is -2.37. The average Bonchev–Trinajstić information content (AvgIpc) is 2.63. The highest BCUT2D eigenvalue weighted by molar-refractivity contribution is 6.29. The van der Waals surface area contributed by atoms with E-state index in [1.54, 1.807) is 6.08 Å². The molecule has 2 N–H and O–H groups in total. The van der Waals surface area contributed by atoms with E-state index in [4.69, 9.17) is 26.8 Å². The van der Waals surface area contributed by atoms with Crippen molar-refractivity contribution in [1.82, 2.24) is 4.90 Å². The van der Waals surface area contributed by atoms with Crippen molar-refractivity contribution in [2.75, 3.05) is 6.54 Å². The van der Waals surface area contributed by atoms with Crippen molar-refractivity contribution in [3.05, 3.63) is 23.3 Å². The summed E-state index contributed by atoms with van der Waals surface area (Å²) in [6.45, 7) is 6.37. The second-order valence-electron chi connectivity index (χ2n) is 6.95. The molecule has 162 valence electrons. The molecule has 29 heavy (non-hydrogen) atoms. The summed E-state index contributed by atoms with van der Waals surface area (Å²) < 4.78 is 10.0. The molecule has 0 saturated heterocycles. The fraction of sp³-hybridized carbons (Fsp3) is 0.600. The van der Waals surface area contributed by atoms with Crippen molar-refractivity contribution < 1.29 is 28.7 Å². The highest BCUT2D eigenvalue weighted by Gasteiger charge is 2.42. The van der Waals surface area contributed by atoms with E-state index in [2.05, 4.69) is 0 Å². The SMILES string of the molecule is CCCCN(C(=O)[C@H](OC(C)=O)[C@@H](OC(C)=O)C(N)=O)C(C)C1C=CC=C(Cl)C1. The Morgan fingerprint density at radius 3 is 2.28 bits per heavy atom. The molecule has 2 amide bonds. The molecule has 0 radical (unpaired) electrons. The van der Waals surface area contributed by atoms with E-state index in [1.807, 2.05) is 26.0 Å². The summed E-state index contributed by atoms with van der Waals surface area (Å²) in [5.74, 6) is -3.41. The van der Waals surface area contributed by atoms with Crippen LogP contribution in [0.15, 0.2) is 23.3 Å². The molecule has 0 aromatic rings. The summed E-state index contributed by atoms with van der Waals surface area (Å²) in [7, 11) is 0. The summed E-state index contributed by atoms with van der Waals surface area (Å²) in [5.41, 5.74) is 5.32. The Morgan fingerprint density at radius 2 is 1.79 bits per heavy atom. The molecule has 8 nitrogen and oxygen atoms in total. The molecule has 4 atom stereocenters. The van der Waals surface area contributed by atoms with Crippen molar-refractivity contribution in [1.29, 1.82) is 0 Å². The molecule has 0 aromatic carbocycles. The van der Waals surface area contributed by atoms with Gasteiger partial charge in [0.25, 0.3) is 11.8 Å². The summed E-state index contributed by atoms with van der Waals surface area (Å²) in [6, 6.07) is -0.309. The van der Waals surface area contributed by atoms with E-state index in [0.29, 0.717) is 24.4 Å². The molecule has 1 aliphatic carbocycles. The zero-order valence-electron chi connectivity index (χ0n) is 17.2. The second kappa shape index (κ2) is 11.6. The van der Waals surface area contributed by atoms with E-state index in [9.17, 15) is 19.2 Å². The number of nitrogens with zero attached hydrogens (tertiary/aromatic N) is 1. The Kier molecular flexibility index (Phi) is 9.88. The average molecular weight is 429 g/mol. The summed E-state index contributed by atoms with van der Waals surface area (Å²) >= 11 is 6.14. The zero-order chi connectivity index (χ0) is 22.1. The van der Waals surface area contributed by atoms with Gasteiger partial charge < -0.3 is 20.1 Å². The van der Waals surface area contributed by atoms with Crippen molar-refractivity contribution in [2.24, 2.45) is 11.7 Å². The maximum Gasteiger partial charge on any atom is 0.303 e. The molecule has 0 aliphatic heterocycles. The number of rotatable bonds is 10. The Balaban J connectivity index is 3.23. The number of ether oxygens (including phenoxy) is 2. The minimum absolute atomic E-state index is 0.0629. The number of carbonyl (C=O) groups excluding carboxylic acids is 4. The number of halogens is 1. The third-order valence-corrected chi connectivity index (χ3v) is 4.88. The van der Waals surface area contributed by atoms with Gasteiger partial charge in [0, 0.05) is 37.4 Å². The van der Waals surface area contributed by atoms with Gasteiger partial charge in [-0.05, 0) is 25.8 Å². The number of primary amides is 1. The highest BCUT2D eigenvalue weighted by atomic mass is 35.5. The number of unbranched alkanes of at least 4 members (excludes halogenated alkanes) is 1. The summed E-state index contributed by atoms with van der Waals surface area (Å²) in [6.07, 6.45) is 4.24. The molecule has 0 heterocycles. The van der Waals surface area contributed by atoms with Crippen LogP contribution in [0.25, 0.3) is 0 Å². The number of esters is 2. The van der Waals surface area contributed by atoms with Gasteiger partial charge in [-0.3, -0.25) is 19.2 Å². The molecular formula is C20H29ClN2O6. The van der Waals surface area contributed by atoms with Crippen molar-refractivity contribution in [2.45, 2.75) is 65.2 Å². The fourth-order valence-electron chi connectivity index (χ4n) is 3.10. The Bertz CT molecular complexity index is 690. The van der Waals surface area contributed by atoms with Gasteiger partial charge in [-0.1, -0.05) is 37.1 Å². The van der Waals surface area contributed by atoms with Crippen LogP contribution in [0, 0.1) is 5.92 Å². The van der Waals surface area contributed by atoms with Crippen LogP contribution >= 0.6 is 11.6 Å². The molecule has 0 bridgehead atoms. The molecule has 0 fully saturated rings. The van der Waals surface area contributed by atoms with Crippen molar-refractivity contribution in [3.63, 3.8) is 0 Å². The smallest absolute Gasteiger partial charge is 0.303 e. The topological polar surface area (TPSA) is 116 Å². The van der Waals surface area contributed by atoms with Crippen LogP contribution in [0.3, 0.4) is 0 Å². The zero-order valence-corrected chi connectivity index (χ0v) is 18.0. The summed E-state index contributed by atoms with van der Waals surface area (Å²) in [4.78, 5) is 49.8. The number of carbonyl (C=O) groups is 4. The molecule has 1 aliphatic rings. The van der Waals surface area contributed by atoms with Crippen LogP contribution in [0.5, 0.6) is 0 Å². The van der Waals surface area contributed by atoms with Crippen LogP contribution in [0.2, 0.25) is 0 Å². The van der Waals surface area contributed by atoms with E-state index in [-0.39, 0.29) is 12.0 Å². The number of allylic oxidation sites excluding steroid dienone is 3. The number of hydrogen-bond acceptors (Lipinski definition) is 6. The van der Waals surface area contributed by atoms with Gasteiger partial charge in [0.2, 0.25) is 12.2 Å². The van der Waals surface area contributed by atoms with Crippen LogP contribution < -0.4 is 5.73 Å². The minimum Gasteiger partial charge on any atom is -0.448 e. The van der Waals surface area contributed by atoms with Gasteiger partial charge in [-0.2, -0.15) is 0 Å². The highest BCUT2D eigenvalue weighted by Crippen LogP contribution is 2.28. The number of hydrogen-bond donors (Lipinski definition) is 1. The van der Waals surface area contributed by atoms with Gasteiger partial charge in [-0.15, -0.1) is 0 Å². The van der Waals surface area contributed by atoms with E-state index < -0.39 is 36.0 Å². The third kappa shape index (κ3) is 7.53. The fourth-order valence-corrected chi connectivity index (χ4v) is 3.35. The maximum absolute atomic E-state index is 13.4. The van der Waals surface area contributed by atoms with Gasteiger partial charge >= 0.3 is 11.9 Å².